The van der Waals surface area contributed by atoms with Gasteiger partial charge in [-0.25, -0.2) is 0 Å². The van der Waals surface area contributed by atoms with E-state index < -0.39 is 6.10 Å². The maximum atomic E-state index is 9.08. The Bertz CT molecular complexity index is 84.5. The van der Waals surface area contributed by atoms with Crippen LogP contribution in [0.2, 0.25) is 0 Å². The van der Waals surface area contributed by atoms with Gasteiger partial charge < -0.3 is 19.7 Å². The zero-order valence-corrected chi connectivity index (χ0v) is 6.99. The molecule has 11 heavy (non-hydrogen) atoms. The van der Waals surface area contributed by atoms with Crippen molar-refractivity contribution in [1.82, 2.24) is 0 Å². The first-order valence-corrected chi connectivity index (χ1v) is 3.61. The predicted molar refractivity (Wildman–Crippen MR) is 40.1 cm³/mol. The van der Waals surface area contributed by atoms with Crippen LogP contribution in [0.3, 0.4) is 0 Å². The van der Waals surface area contributed by atoms with E-state index in [0.717, 1.165) is 0 Å². The Morgan fingerprint density at radius 3 is 2.45 bits per heavy atom. The molecule has 0 saturated heterocycles. The van der Waals surface area contributed by atoms with Gasteiger partial charge in [-0.05, 0) is 13.3 Å². The Hall–Kier alpha value is -0.160. The Balaban J connectivity index is 3.51. The van der Waals surface area contributed by atoms with Gasteiger partial charge in [-0.15, -0.1) is 0 Å². The van der Waals surface area contributed by atoms with Gasteiger partial charge in [0.05, 0.1) is 12.2 Å². The summed E-state index contributed by atoms with van der Waals surface area (Å²) in [4.78, 5) is 0. The largest absolute Gasteiger partial charge is 0.396 e. The smallest absolute Gasteiger partial charge is 0.146 e. The molecule has 0 radical (unpaired) electrons. The van der Waals surface area contributed by atoms with Gasteiger partial charge in [0.1, 0.15) is 6.79 Å². The van der Waals surface area contributed by atoms with Crippen LogP contribution < -0.4 is 0 Å². The van der Waals surface area contributed by atoms with Gasteiger partial charge in [0, 0.05) is 13.7 Å². The maximum Gasteiger partial charge on any atom is 0.146 e. The molecule has 68 valence electrons. The fourth-order valence-corrected chi connectivity index (χ4v) is 0.746. The number of aliphatic hydroxyl groups is 2. The fraction of sp³-hybridized carbons (Fsp3) is 1.00. The average molecular weight is 164 g/mol. The molecule has 0 aliphatic carbocycles. The van der Waals surface area contributed by atoms with Crippen LogP contribution in [-0.2, 0) is 9.47 Å². The van der Waals surface area contributed by atoms with Crippen LogP contribution in [0.15, 0.2) is 0 Å². The summed E-state index contributed by atoms with van der Waals surface area (Å²) in [6, 6.07) is 0. The molecule has 2 atom stereocenters. The van der Waals surface area contributed by atoms with E-state index in [1.165, 1.54) is 7.11 Å². The van der Waals surface area contributed by atoms with Crippen molar-refractivity contribution in [3.8, 4) is 0 Å². The van der Waals surface area contributed by atoms with E-state index >= 15 is 0 Å². The summed E-state index contributed by atoms with van der Waals surface area (Å²) in [6.07, 6.45) is -0.474. The van der Waals surface area contributed by atoms with E-state index in [1.807, 2.05) is 0 Å². The normalized spacial score (nSPS) is 16.4. The molecule has 0 aromatic rings. The van der Waals surface area contributed by atoms with Crippen molar-refractivity contribution < 1.29 is 19.7 Å². The van der Waals surface area contributed by atoms with Gasteiger partial charge >= 0.3 is 0 Å². The zero-order valence-electron chi connectivity index (χ0n) is 6.99. The van der Waals surface area contributed by atoms with E-state index in [4.69, 9.17) is 14.9 Å². The molecule has 0 aliphatic heterocycles. The van der Waals surface area contributed by atoms with E-state index in [0.29, 0.717) is 6.42 Å². The number of ether oxygens (including phenoxy) is 2. The van der Waals surface area contributed by atoms with Crippen LogP contribution in [0.5, 0.6) is 0 Å². The summed E-state index contributed by atoms with van der Waals surface area (Å²) in [5, 5.41) is 17.6. The van der Waals surface area contributed by atoms with Crippen molar-refractivity contribution in [2.45, 2.75) is 25.6 Å². The van der Waals surface area contributed by atoms with Crippen molar-refractivity contribution in [2.75, 3.05) is 20.5 Å². The standard InChI is InChI=1S/C7H16O4/c1-6(9)7(3-4-8)11-5-10-2/h6-9H,3-5H2,1-2H3/t6-,7+/m1/s1. The molecule has 0 heterocycles. The highest BCUT2D eigenvalue weighted by atomic mass is 16.7. The van der Waals surface area contributed by atoms with E-state index in [2.05, 4.69) is 4.74 Å². The quantitative estimate of drug-likeness (QED) is 0.531. The summed E-state index contributed by atoms with van der Waals surface area (Å²) in [5.41, 5.74) is 0. The Kier molecular flexibility index (Phi) is 6.45. The minimum absolute atomic E-state index is 0.0132. The van der Waals surface area contributed by atoms with Crippen LogP contribution in [0, 0.1) is 0 Å². The first kappa shape index (κ1) is 10.8. The number of rotatable bonds is 6. The van der Waals surface area contributed by atoms with Crippen LogP contribution >= 0.6 is 0 Å². The molecule has 0 aromatic carbocycles. The molecule has 0 unspecified atom stereocenters. The van der Waals surface area contributed by atoms with Crippen LogP contribution in [0.4, 0.5) is 0 Å². The summed E-state index contributed by atoms with van der Waals surface area (Å²) in [7, 11) is 1.51. The molecular weight excluding hydrogens is 148 g/mol. The average Bonchev–Trinajstić information content (AvgIpc) is 1.97. The maximum absolute atomic E-state index is 9.08. The molecule has 2 N–H and O–H groups in total. The third-order valence-electron chi connectivity index (χ3n) is 1.35. The van der Waals surface area contributed by atoms with Crippen LogP contribution in [0.25, 0.3) is 0 Å². The van der Waals surface area contributed by atoms with Gasteiger partial charge in [0.25, 0.3) is 0 Å². The summed E-state index contributed by atoms with van der Waals surface area (Å²) >= 11 is 0. The molecule has 0 fully saturated rings. The van der Waals surface area contributed by atoms with Gasteiger partial charge in [-0.1, -0.05) is 0 Å². The third kappa shape index (κ3) is 5.15. The van der Waals surface area contributed by atoms with Crippen LogP contribution in [-0.4, -0.2) is 42.9 Å². The second-order valence-electron chi connectivity index (χ2n) is 2.36. The lowest BCUT2D eigenvalue weighted by Crippen LogP contribution is -2.28. The third-order valence-corrected chi connectivity index (χ3v) is 1.35. The molecule has 0 saturated carbocycles. The zero-order chi connectivity index (χ0) is 8.69. The number of hydrogen-bond acceptors (Lipinski definition) is 4. The number of methoxy groups -OCH3 is 1. The molecular formula is C7H16O4. The van der Waals surface area contributed by atoms with E-state index in [1.54, 1.807) is 6.92 Å². The highest BCUT2D eigenvalue weighted by molar-refractivity contribution is 4.62. The summed E-state index contributed by atoms with van der Waals surface area (Å²) < 4.78 is 9.71. The van der Waals surface area contributed by atoms with Crippen LogP contribution in [0.1, 0.15) is 13.3 Å². The first-order valence-electron chi connectivity index (χ1n) is 3.61. The van der Waals surface area contributed by atoms with Gasteiger partial charge in [0.15, 0.2) is 0 Å². The van der Waals surface area contributed by atoms with Crippen molar-refractivity contribution in [2.24, 2.45) is 0 Å². The Labute approximate surface area is 66.7 Å². The SMILES string of the molecule is COCO[C@@H](CCO)[C@@H](C)O. The number of aliphatic hydroxyl groups excluding tert-OH is 2. The van der Waals surface area contributed by atoms with Crippen molar-refractivity contribution in [1.29, 1.82) is 0 Å². The lowest BCUT2D eigenvalue weighted by atomic mass is 10.2. The molecule has 0 spiro atoms. The Morgan fingerprint density at radius 1 is 1.45 bits per heavy atom. The molecule has 0 aromatic heterocycles. The predicted octanol–water partition coefficient (Wildman–Crippen LogP) is -0.261. The fourth-order valence-electron chi connectivity index (χ4n) is 0.746. The first-order chi connectivity index (χ1) is 5.22. The topological polar surface area (TPSA) is 58.9 Å². The van der Waals surface area contributed by atoms with E-state index in [9.17, 15) is 0 Å². The molecule has 0 rings (SSSR count). The van der Waals surface area contributed by atoms with Crippen molar-refractivity contribution >= 4 is 0 Å². The van der Waals surface area contributed by atoms with E-state index in [-0.39, 0.29) is 19.5 Å². The summed E-state index contributed by atoms with van der Waals surface area (Å²) in [6.45, 7) is 1.78. The van der Waals surface area contributed by atoms with Gasteiger partial charge in [-0.3, -0.25) is 0 Å². The van der Waals surface area contributed by atoms with Crippen molar-refractivity contribution in [3.05, 3.63) is 0 Å². The lowest BCUT2D eigenvalue weighted by Gasteiger charge is -2.18. The monoisotopic (exact) mass is 164 g/mol. The van der Waals surface area contributed by atoms with Gasteiger partial charge in [-0.2, -0.15) is 0 Å². The minimum Gasteiger partial charge on any atom is -0.396 e. The molecule has 0 bridgehead atoms. The molecule has 0 amide bonds. The second kappa shape index (κ2) is 6.54. The lowest BCUT2D eigenvalue weighted by molar-refractivity contribution is -0.113. The second-order valence-corrected chi connectivity index (χ2v) is 2.36. The highest BCUT2D eigenvalue weighted by Crippen LogP contribution is 2.03. The minimum atomic E-state index is -0.572. The molecule has 0 aliphatic rings. The van der Waals surface area contributed by atoms with Gasteiger partial charge in [0.2, 0.25) is 0 Å². The highest BCUT2D eigenvalue weighted by Gasteiger charge is 2.13. The Morgan fingerprint density at radius 2 is 2.09 bits per heavy atom. The van der Waals surface area contributed by atoms with Crippen molar-refractivity contribution in [3.63, 3.8) is 0 Å². The summed E-state index contributed by atoms with van der Waals surface area (Å²) in [5.74, 6) is 0. The number of hydrogen-bond donors (Lipinski definition) is 2. The molecule has 4 nitrogen and oxygen atoms in total. The molecule has 4 heteroatoms.